The summed E-state index contributed by atoms with van der Waals surface area (Å²) in [6.07, 6.45) is 0.706. The van der Waals surface area contributed by atoms with Crippen molar-refractivity contribution >= 4 is 17.7 Å². The molecule has 0 aliphatic heterocycles. The SMILES string of the molecule is COCCCn1c(S[C@H](C)C(=O)NCCOC)n[nH]c1=O. The molecule has 0 aromatic carbocycles. The van der Waals surface area contributed by atoms with Gasteiger partial charge >= 0.3 is 5.69 Å². The smallest absolute Gasteiger partial charge is 0.343 e. The van der Waals surface area contributed by atoms with Gasteiger partial charge < -0.3 is 14.8 Å². The summed E-state index contributed by atoms with van der Waals surface area (Å²) in [6.45, 7) is 3.76. The molecular weight excluding hydrogens is 296 g/mol. The standard InChI is InChI=1S/C12H22N4O4S/c1-9(10(17)13-5-8-20-3)21-12-15-14-11(18)16(12)6-4-7-19-2/h9H,4-8H2,1-3H3,(H,13,17)(H,14,18)/t9-/m1/s1. The fourth-order valence-corrected chi connectivity index (χ4v) is 2.50. The molecule has 1 aromatic heterocycles. The number of carbonyl (C=O) groups excluding carboxylic acids is 1. The lowest BCUT2D eigenvalue weighted by molar-refractivity contribution is -0.120. The van der Waals surface area contributed by atoms with Crippen LogP contribution in [0.3, 0.4) is 0 Å². The molecule has 1 atom stereocenters. The molecule has 0 bridgehead atoms. The van der Waals surface area contributed by atoms with Gasteiger partial charge in [0.05, 0.1) is 11.9 Å². The molecule has 0 radical (unpaired) electrons. The summed E-state index contributed by atoms with van der Waals surface area (Å²) in [5.41, 5.74) is -0.277. The monoisotopic (exact) mass is 318 g/mol. The van der Waals surface area contributed by atoms with E-state index in [-0.39, 0.29) is 16.8 Å². The molecular formula is C12H22N4O4S. The van der Waals surface area contributed by atoms with E-state index in [1.165, 1.54) is 16.3 Å². The molecule has 0 spiro atoms. The second-order valence-corrected chi connectivity index (χ2v) is 5.66. The Morgan fingerprint density at radius 1 is 1.43 bits per heavy atom. The van der Waals surface area contributed by atoms with Crippen molar-refractivity contribution in [3.8, 4) is 0 Å². The Morgan fingerprint density at radius 2 is 2.14 bits per heavy atom. The average Bonchev–Trinajstić information content (AvgIpc) is 2.80. The predicted octanol–water partition coefficient (Wildman–Crippen LogP) is -0.149. The second-order valence-electron chi connectivity index (χ2n) is 4.35. The molecule has 21 heavy (non-hydrogen) atoms. The number of amides is 1. The van der Waals surface area contributed by atoms with Gasteiger partial charge in [-0.15, -0.1) is 5.10 Å². The van der Waals surface area contributed by atoms with Crippen LogP contribution >= 0.6 is 11.8 Å². The third kappa shape index (κ3) is 5.90. The van der Waals surface area contributed by atoms with Crippen LogP contribution in [0.1, 0.15) is 13.3 Å². The molecule has 1 aromatic rings. The Labute approximate surface area is 127 Å². The average molecular weight is 318 g/mol. The number of thioether (sulfide) groups is 1. The number of H-pyrrole nitrogens is 1. The number of hydrogen-bond donors (Lipinski definition) is 2. The van der Waals surface area contributed by atoms with Crippen LogP contribution in [0.5, 0.6) is 0 Å². The van der Waals surface area contributed by atoms with Crippen LogP contribution in [0.4, 0.5) is 0 Å². The van der Waals surface area contributed by atoms with Gasteiger partial charge in [-0.3, -0.25) is 9.36 Å². The van der Waals surface area contributed by atoms with E-state index in [2.05, 4.69) is 15.5 Å². The Kier molecular flexibility index (Phi) is 8.09. The number of nitrogens with one attached hydrogen (secondary N) is 2. The minimum absolute atomic E-state index is 0.115. The highest BCUT2D eigenvalue weighted by atomic mass is 32.2. The maximum atomic E-state index is 11.9. The first-order chi connectivity index (χ1) is 10.1. The van der Waals surface area contributed by atoms with Crippen LogP contribution in [0, 0.1) is 0 Å². The first kappa shape index (κ1) is 17.7. The summed E-state index contributed by atoms with van der Waals surface area (Å²) < 4.78 is 11.4. The summed E-state index contributed by atoms with van der Waals surface area (Å²) in [5, 5.41) is 9.27. The number of hydrogen-bond acceptors (Lipinski definition) is 6. The number of aromatic amines is 1. The fraction of sp³-hybridized carbons (Fsp3) is 0.750. The zero-order chi connectivity index (χ0) is 15.7. The lowest BCUT2D eigenvalue weighted by Crippen LogP contribution is -2.33. The zero-order valence-electron chi connectivity index (χ0n) is 12.5. The van der Waals surface area contributed by atoms with Crippen LogP contribution in [-0.4, -0.2) is 59.9 Å². The molecule has 0 aliphatic rings. The van der Waals surface area contributed by atoms with E-state index in [1.807, 2.05) is 0 Å². The molecule has 0 aliphatic carbocycles. The first-order valence-corrected chi connectivity index (χ1v) is 7.55. The summed E-state index contributed by atoms with van der Waals surface area (Å²) in [5.74, 6) is -0.115. The van der Waals surface area contributed by atoms with E-state index in [4.69, 9.17) is 9.47 Å². The van der Waals surface area contributed by atoms with E-state index in [1.54, 1.807) is 21.1 Å². The highest BCUT2D eigenvalue weighted by Gasteiger charge is 2.18. The van der Waals surface area contributed by atoms with Gasteiger partial charge in [0.1, 0.15) is 0 Å². The van der Waals surface area contributed by atoms with Crippen LogP contribution in [0.25, 0.3) is 0 Å². The highest BCUT2D eigenvalue weighted by Crippen LogP contribution is 2.19. The van der Waals surface area contributed by atoms with Gasteiger partial charge in [-0.05, 0) is 13.3 Å². The van der Waals surface area contributed by atoms with Crippen molar-refractivity contribution in [3.05, 3.63) is 10.5 Å². The molecule has 0 unspecified atom stereocenters. The van der Waals surface area contributed by atoms with Gasteiger partial charge in [-0.25, -0.2) is 9.89 Å². The van der Waals surface area contributed by atoms with Gasteiger partial charge in [-0.1, -0.05) is 11.8 Å². The van der Waals surface area contributed by atoms with Gasteiger partial charge in [0.15, 0.2) is 5.16 Å². The summed E-state index contributed by atoms with van der Waals surface area (Å²) in [6, 6.07) is 0. The van der Waals surface area contributed by atoms with E-state index in [9.17, 15) is 9.59 Å². The normalized spacial score (nSPS) is 12.3. The third-order valence-corrected chi connectivity index (χ3v) is 3.80. The van der Waals surface area contributed by atoms with Crippen LogP contribution in [-0.2, 0) is 20.8 Å². The Morgan fingerprint density at radius 3 is 2.81 bits per heavy atom. The molecule has 1 amide bonds. The van der Waals surface area contributed by atoms with Crippen molar-refractivity contribution in [2.75, 3.05) is 34.0 Å². The van der Waals surface area contributed by atoms with E-state index >= 15 is 0 Å². The van der Waals surface area contributed by atoms with Crippen molar-refractivity contribution in [3.63, 3.8) is 0 Å². The number of ether oxygens (including phenoxy) is 2. The lowest BCUT2D eigenvalue weighted by atomic mass is 10.4. The molecule has 2 N–H and O–H groups in total. The molecule has 0 saturated carbocycles. The van der Waals surface area contributed by atoms with Crippen molar-refractivity contribution in [2.45, 2.75) is 30.3 Å². The first-order valence-electron chi connectivity index (χ1n) is 6.67. The molecule has 1 rings (SSSR count). The number of aromatic nitrogens is 3. The van der Waals surface area contributed by atoms with Gasteiger partial charge in [0.2, 0.25) is 5.91 Å². The van der Waals surface area contributed by atoms with Crippen molar-refractivity contribution in [1.82, 2.24) is 20.1 Å². The maximum absolute atomic E-state index is 11.9. The van der Waals surface area contributed by atoms with Crippen LogP contribution in [0.2, 0.25) is 0 Å². The van der Waals surface area contributed by atoms with Gasteiger partial charge in [-0.2, -0.15) is 0 Å². The van der Waals surface area contributed by atoms with Crippen molar-refractivity contribution < 1.29 is 14.3 Å². The van der Waals surface area contributed by atoms with Crippen molar-refractivity contribution in [2.24, 2.45) is 0 Å². The highest BCUT2D eigenvalue weighted by molar-refractivity contribution is 8.00. The summed E-state index contributed by atoms with van der Waals surface area (Å²) in [4.78, 5) is 23.5. The summed E-state index contributed by atoms with van der Waals surface area (Å²) >= 11 is 1.24. The molecule has 1 heterocycles. The summed E-state index contributed by atoms with van der Waals surface area (Å²) in [7, 11) is 3.19. The number of methoxy groups -OCH3 is 2. The second kappa shape index (κ2) is 9.59. The van der Waals surface area contributed by atoms with Gasteiger partial charge in [0.25, 0.3) is 0 Å². The quantitative estimate of drug-likeness (QED) is 0.460. The Hall–Kier alpha value is -1.32. The Balaban J connectivity index is 2.57. The zero-order valence-corrected chi connectivity index (χ0v) is 13.4. The van der Waals surface area contributed by atoms with E-state index in [0.29, 0.717) is 37.9 Å². The van der Waals surface area contributed by atoms with E-state index < -0.39 is 0 Å². The number of nitrogens with zero attached hydrogens (tertiary/aromatic N) is 2. The number of carbonyl (C=O) groups is 1. The Bertz CT molecular complexity index is 488. The van der Waals surface area contributed by atoms with E-state index in [0.717, 1.165) is 0 Å². The molecule has 9 heteroatoms. The van der Waals surface area contributed by atoms with Crippen LogP contribution < -0.4 is 11.0 Å². The minimum Gasteiger partial charge on any atom is -0.385 e. The number of rotatable bonds is 10. The molecule has 0 saturated heterocycles. The van der Waals surface area contributed by atoms with Gasteiger partial charge in [0, 0.05) is 33.9 Å². The molecule has 0 fully saturated rings. The minimum atomic E-state index is -0.349. The molecule has 8 nitrogen and oxygen atoms in total. The third-order valence-electron chi connectivity index (χ3n) is 2.71. The predicted molar refractivity (Wildman–Crippen MR) is 79.5 cm³/mol. The maximum Gasteiger partial charge on any atom is 0.343 e. The van der Waals surface area contributed by atoms with Crippen molar-refractivity contribution in [1.29, 1.82) is 0 Å². The fourth-order valence-electron chi connectivity index (χ4n) is 1.59. The van der Waals surface area contributed by atoms with Crippen LogP contribution in [0.15, 0.2) is 9.95 Å². The lowest BCUT2D eigenvalue weighted by Gasteiger charge is -2.11. The molecule has 120 valence electrons. The largest absolute Gasteiger partial charge is 0.385 e. The topological polar surface area (TPSA) is 98.2 Å².